The van der Waals surface area contributed by atoms with Crippen LogP contribution in [0.3, 0.4) is 0 Å². The van der Waals surface area contributed by atoms with E-state index in [1.807, 2.05) is 54.6 Å². The Kier molecular flexibility index (Phi) is 5.98. The van der Waals surface area contributed by atoms with Gasteiger partial charge in [-0.25, -0.2) is 4.98 Å². The fourth-order valence-electron chi connectivity index (χ4n) is 3.31. The lowest BCUT2D eigenvalue weighted by Gasteiger charge is -2.05. The van der Waals surface area contributed by atoms with E-state index in [4.69, 9.17) is 14.1 Å². The molecule has 5 nitrogen and oxygen atoms in total. The van der Waals surface area contributed by atoms with E-state index in [9.17, 15) is 4.79 Å². The zero-order chi connectivity index (χ0) is 22.8. The number of rotatable bonds is 6. The molecule has 164 valence electrons. The molecule has 0 atom stereocenters. The molecule has 0 radical (unpaired) electrons. The van der Waals surface area contributed by atoms with Gasteiger partial charge in [0.2, 0.25) is 0 Å². The van der Waals surface area contributed by atoms with Gasteiger partial charge in [-0.2, -0.15) is 0 Å². The summed E-state index contributed by atoms with van der Waals surface area (Å²) in [6.45, 7) is 2.32. The van der Waals surface area contributed by atoms with Crippen molar-refractivity contribution in [2.45, 2.75) is 13.5 Å². The van der Waals surface area contributed by atoms with Crippen LogP contribution in [0.2, 0.25) is 0 Å². The van der Waals surface area contributed by atoms with Gasteiger partial charge in [-0.05, 0) is 85.3 Å². The predicted molar refractivity (Wildman–Crippen MR) is 135 cm³/mol. The molecule has 33 heavy (non-hydrogen) atoms. The number of hydrogen-bond acceptors (Lipinski definition) is 5. The molecule has 3 aromatic carbocycles. The SMILES string of the molecule is Cc1ccc2nc(-c3ccc(NC(=O)c4ccc(COc5ccc(Br)cc5)o4)cc3)sc2c1. The van der Waals surface area contributed by atoms with E-state index in [0.29, 0.717) is 11.4 Å². The number of carbonyl (C=O) groups excluding carboxylic acids is 1. The van der Waals surface area contributed by atoms with Crippen LogP contribution in [-0.4, -0.2) is 10.9 Å². The quantitative estimate of drug-likeness (QED) is 0.253. The normalized spacial score (nSPS) is 11.0. The second kappa shape index (κ2) is 9.21. The first-order chi connectivity index (χ1) is 16.0. The summed E-state index contributed by atoms with van der Waals surface area (Å²) in [6, 6.07) is 24.8. The lowest BCUT2D eigenvalue weighted by molar-refractivity contribution is 0.0992. The number of fused-ring (bicyclic) bond motifs is 1. The molecule has 0 saturated carbocycles. The van der Waals surface area contributed by atoms with Crippen LogP contribution in [0.25, 0.3) is 20.8 Å². The summed E-state index contributed by atoms with van der Waals surface area (Å²) in [6.07, 6.45) is 0. The smallest absolute Gasteiger partial charge is 0.291 e. The van der Waals surface area contributed by atoms with Crippen molar-refractivity contribution in [3.63, 3.8) is 0 Å². The van der Waals surface area contributed by atoms with Crippen molar-refractivity contribution in [2.24, 2.45) is 0 Å². The van der Waals surface area contributed by atoms with Gasteiger partial charge in [0.1, 0.15) is 23.1 Å². The fraction of sp³-hybridized carbons (Fsp3) is 0.0769. The monoisotopic (exact) mass is 518 g/mol. The molecule has 0 spiro atoms. The third-order valence-corrected chi connectivity index (χ3v) is 6.61. The number of halogens is 1. The van der Waals surface area contributed by atoms with Crippen LogP contribution in [0.4, 0.5) is 5.69 Å². The summed E-state index contributed by atoms with van der Waals surface area (Å²) >= 11 is 5.05. The van der Waals surface area contributed by atoms with Crippen molar-refractivity contribution in [3.05, 3.63) is 100 Å². The average molecular weight is 519 g/mol. The van der Waals surface area contributed by atoms with Crippen molar-refractivity contribution in [1.82, 2.24) is 4.98 Å². The maximum Gasteiger partial charge on any atom is 0.291 e. The van der Waals surface area contributed by atoms with Crippen molar-refractivity contribution in [2.75, 3.05) is 5.32 Å². The average Bonchev–Trinajstić information content (AvgIpc) is 3.46. The number of ether oxygens (including phenoxy) is 1. The van der Waals surface area contributed by atoms with Gasteiger partial charge >= 0.3 is 0 Å². The third kappa shape index (κ3) is 4.99. The summed E-state index contributed by atoms with van der Waals surface area (Å²) < 4.78 is 13.5. The van der Waals surface area contributed by atoms with E-state index in [0.717, 1.165) is 26.3 Å². The Balaban J connectivity index is 1.22. The molecule has 2 aromatic heterocycles. The third-order valence-electron chi connectivity index (χ3n) is 5.01. The second-order valence-corrected chi connectivity index (χ2v) is 9.48. The minimum Gasteiger partial charge on any atom is -0.486 e. The first-order valence-corrected chi connectivity index (χ1v) is 11.9. The minimum absolute atomic E-state index is 0.232. The molecular weight excluding hydrogens is 500 g/mol. The number of aromatic nitrogens is 1. The molecule has 5 aromatic rings. The molecule has 1 amide bonds. The van der Waals surface area contributed by atoms with Crippen LogP contribution in [-0.2, 0) is 6.61 Å². The van der Waals surface area contributed by atoms with E-state index >= 15 is 0 Å². The highest BCUT2D eigenvalue weighted by Crippen LogP contribution is 2.31. The van der Waals surface area contributed by atoms with E-state index in [2.05, 4.69) is 40.3 Å². The van der Waals surface area contributed by atoms with Gasteiger partial charge in [0.25, 0.3) is 5.91 Å². The lowest BCUT2D eigenvalue weighted by Crippen LogP contribution is -2.10. The number of amides is 1. The summed E-state index contributed by atoms with van der Waals surface area (Å²) in [5, 5.41) is 3.82. The lowest BCUT2D eigenvalue weighted by atomic mass is 10.2. The molecule has 7 heteroatoms. The zero-order valence-corrected chi connectivity index (χ0v) is 20.1. The van der Waals surface area contributed by atoms with E-state index in [1.165, 1.54) is 10.3 Å². The highest BCUT2D eigenvalue weighted by Gasteiger charge is 2.13. The molecule has 0 aliphatic rings. The fourth-order valence-corrected chi connectivity index (χ4v) is 4.64. The molecule has 5 rings (SSSR count). The van der Waals surface area contributed by atoms with E-state index in [1.54, 1.807) is 23.5 Å². The van der Waals surface area contributed by atoms with Gasteiger partial charge < -0.3 is 14.5 Å². The molecule has 0 saturated heterocycles. The van der Waals surface area contributed by atoms with Gasteiger partial charge in [0.15, 0.2) is 5.76 Å². The first kappa shape index (κ1) is 21.4. The molecule has 1 N–H and O–H groups in total. The first-order valence-electron chi connectivity index (χ1n) is 10.3. The molecule has 0 aliphatic heterocycles. The number of hydrogen-bond donors (Lipinski definition) is 1. The van der Waals surface area contributed by atoms with Crippen LogP contribution in [0.15, 0.2) is 87.8 Å². The van der Waals surface area contributed by atoms with Gasteiger partial charge in [-0.15, -0.1) is 11.3 Å². The highest BCUT2D eigenvalue weighted by molar-refractivity contribution is 9.10. The van der Waals surface area contributed by atoms with Gasteiger partial charge in [-0.3, -0.25) is 4.79 Å². The van der Waals surface area contributed by atoms with Gasteiger partial charge in [0, 0.05) is 15.7 Å². The van der Waals surface area contributed by atoms with Crippen LogP contribution in [0.5, 0.6) is 5.75 Å². The largest absolute Gasteiger partial charge is 0.486 e. The van der Waals surface area contributed by atoms with Crippen LogP contribution in [0, 0.1) is 6.92 Å². The Labute approximate surface area is 203 Å². The van der Waals surface area contributed by atoms with Crippen LogP contribution >= 0.6 is 27.3 Å². The number of carbonyl (C=O) groups is 1. The highest BCUT2D eigenvalue weighted by atomic mass is 79.9. The standard InChI is InChI=1S/C26H19BrN2O3S/c1-16-2-12-22-24(14-16)33-26(29-22)17-3-7-19(8-4-17)28-25(30)23-13-11-21(32-23)15-31-20-9-5-18(27)6-10-20/h2-14H,15H2,1H3,(H,28,30). The molecule has 0 unspecified atom stereocenters. The number of aryl methyl sites for hydroxylation is 1. The molecule has 0 bridgehead atoms. The number of nitrogens with zero attached hydrogens (tertiary/aromatic N) is 1. The van der Waals surface area contributed by atoms with Crippen LogP contribution in [0.1, 0.15) is 21.9 Å². The Morgan fingerprint density at radius 3 is 2.61 bits per heavy atom. The maximum atomic E-state index is 12.6. The van der Waals surface area contributed by atoms with E-state index < -0.39 is 0 Å². The summed E-state index contributed by atoms with van der Waals surface area (Å²) in [5.74, 6) is 1.22. The number of benzene rings is 3. The Morgan fingerprint density at radius 2 is 1.82 bits per heavy atom. The van der Waals surface area contributed by atoms with Crippen molar-refractivity contribution in [1.29, 1.82) is 0 Å². The number of nitrogens with one attached hydrogen (secondary N) is 1. The van der Waals surface area contributed by atoms with Crippen molar-refractivity contribution < 1.29 is 13.9 Å². The Bertz CT molecular complexity index is 1420. The molecule has 2 heterocycles. The molecular formula is C26H19BrN2O3S. The Hall–Kier alpha value is -3.42. The number of thiazole rings is 1. The topological polar surface area (TPSA) is 64.4 Å². The minimum atomic E-state index is -0.312. The van der Waals surface area contributed by atoms with Gasteiger partial charge in [-0.1, -0.05) is 22.0 Å². The van der Waals surface area contributed by atoms with Gasteiger partial charge in [0.05, 0.1) is 10.2 Å². The number of furan rings is 1. The number of anilines is 1. The second-order valence-electron chi connectivity index (χ2n) is 7.53. The zero-order valence-electron chi connectivity index (χ0n) is 17.7. The van der Waals surface area contributed by atoms with Crippen LogP contribution < -0.4 is 10.1 Å². The molecule has 0 aliphatic carbocycles. The predicted octanol–water partition coefficient (Wildman–Crippen LogP) is 7.46. The molecule has 0 fully saturated rings. The Morgan fingerprint density at radius 1 is 1.03 bits per heavy atom. The summed E-state index contributed by atoms with van der Waals surface area (Å²) in [7, 11) is 0. The summed E-state index contributed by atoms with van der Waals surface area (Å²) in [5.41, 5.74) is 3.91. The van der Waals surface area contributed by atoms with E-state index in [-0.39, 0.29) is 18.3 Å². The maximum absolute atomic E-state index is 12.6. The van der Waals surface area contributed by atoms with Crippen molar-refractivity contribution >= 4 is 49.1 Å². The summed E-state index contributed by atoms with van der Waals surface area (Å²) in [4.78, 5) is 17.3. The van der Waals surface area contributed by atoms with Crippen molar-refractivity contribution in [3.8, 4) is 16.3 Å².